The van der Waals surface area contributed by atoms with Crippen molar-refractivity contribution in [2.75, 3.05) is 31.5 Å². The molecule has 1 aromatic rings. The fraction of sp³-hybridized carbons (Fsp3) is 0.500. The highest BCUT2D eigenvalue weighted by Crippen LogP contribution is 2.12. The van der Waals surface area contributed by atoms with Gasteiger partial charge in [-0.3, -0.25) is 0 Å². The van der Waals surface area contributed by atoms with Crippen molar-refractivity contribution < 1.29 is 13.6 Å². The molecule has 0 spiro atoms. The Hall–Kier alpha value is -1.69. The quantitative estimate of drug-likeness (QED) is 0.816. The molecule has 0 saturated carbocycles. The van der Waals surface area contributed by atoms with Gasteiger partial charge in [-0.05, 0) is 51.0 Å². The van der Waals surface area contributed by atoms with E-state index in [1.165, 1.54) is 18.9 Å². The number of halogens is 2. The van der Waals surface area contributed by atoms with E-state index in [1.807, 2.05) is 0 Å². The molecule has 1 heterocycles. The first kappa shape index (κ1) is 14.7. The van der Waals surface area contributed by atoms with Crippen molar-refractivity contribution in [1.82, 2.24) is 10.2 Å². The molecule has 1 aromatic carbocycles. The second kappa shape index (κ2) is 7.19. The number of urea groups is 1. The molecule has 0 unspecified atom stereocenters. The van der Waals surface area contributed by atoms with Gasteiger partial charge in [0, 0.05) is 18.3 Å². The number of carbonyl (C=O) groups is 1. The molecular weight excluding hydrogens is 264 g/mol. The third kappa shape index (κ3) is 4.45. The first-order valence-corrected chi connectivity index (χ1v) is 6.87. The molecule has 4 nitrogen and oxygen atoms in total. The molecule has 0 aliphatic carbocycles. The van der Waals surface area contributed by atoms with Crippen molar-refractivity contribution >= 4 is 11.7 Å². The van der Waals surface area contributed by atoms with Gasteiger partial charge < -0.3 is 15.5 Å². The SMILES string of the molecule is O=C(NCCCN1CCCC1)Nc1ccc(F)c(F)c1. The summed E-state index contributed by atoms with van der Waals surface area (Å²) in [5, 5.41) is 5.16. The Balaban J connectivity index is 1.65. The molecule has 2 rings (SSSR count). The van der Waals surface area contributed by atoms with Crippen molar-refractivity contribution in [2.24, 2.45) is 0 Å². The lowest BCUT2D eigenvalue weighted by molar-refractivity contribution is 0.251. The van der Waals surface area contributed by atoms with Gasteiger partial charge in [0.1, 0.15) is 0 Å². The molecule has 1 aliphatic heterocycles. The molecule has 1 fully saturated rings. The van der Waals surface area contributed by atoms with Gasteiger partial charge in [0.05, 0.1) is 0 Å². The van der Waals surface area contributed by atoms with Crippen LogP contribution in [0.15, 0.2) is 18.2 Å². The molecule has 20 heavy (non-hydrogen) atoms. The van der Waals surface area contributed by atoms with E-state index in [0.717, 1.165) is 38.2 Å². The van der Waals surface area contributed by atoms with Gasteiger partial charge in [-0.15, -0.1) is 0 Å². The predicted molar refractivity (Wildman–Crippen MR) is 73.7 cm³/mol. The molecular formula is C14H19F2N3O. The number of likely N-dealkylation sites (tertiary alicyclic amines) is 1. The lowest BCUT2D eigenvalue weighted by Crippen LogP contribution is -2.31. The summed E-state index contributed by atoms with van der Waals surface area (Å²) in [5.41, 5.74) is 0.237. The average molecular weight is 283 g/mol. The van der Waals surface area contributed by atoms with Crippen molar-refractivity contribution in [3.63, 3.8) is 0 Å². The molecule has 1 saturated heterocycles. The number of hydrogen-bond donors (Lipinski definition) is 2. The first-order chi connectivity index (χ1) is 9.65. The molecule has 110 valence electrons. The fourth-order valence-corrected chi connectivity index (χ4v) is 2.26. The summed E-state index contributed by atoms with van der Waals surface area (Å²) >= 11 is 0. The van der Waals surface area contributed by atoms with Crippen LogP contribution in [-0.4, -0.2) is 37.1 Å². The Morgan fingerprint density at radius 2 is 1.95 bits per heavy atom. The number of carbonyl (C=O) groups excluding carboxylic acids is 1. The van der Waals surface area contributed by atoms with Crippen molar-refractivity contribution in [2.45, 2.75) is 19.3 Å². The number of hydrogen-bond acceptors (Lipinski definition) is 2. The monoisotopic (exact) mass is 283 g/mol. The van der Waals surface area contributed by atoms with E-state index in [1.54, 1.807) is 0 Å². The number of anilines is 1. The Bertz CT molecular complexity index is 462. The Kier molecular flexibility index (Phi) is 5.29. The highest BCUT2D eigenvalue weighted by molar-refractivity contribution is 5.89. The van der Waals surface area contributed by atoms with Gasteiger partial charge in [0.2, 0.25) is 0 Å². The zero-order valence-electron chi connectivity index (χ0n) is 11.3. The number of amides is 2. The van der Waals surface area contributed by atoms with Crippen LogP contribution >= 0.6 is 0 Å². The molecule has 0 atom stereocenters. The summed E-state index contributed by atoms with van der Waals surface area (Å²) in [6, 6.07) is 2.86. The van der Waals surface area contributed by atoms with E-state index >= 15 is 0 Å². The van der Waals surface area contributed by atoms with Crippen LogP contribution in [0.25, 0.3) is 0 Å². The average Bonchev–Trinajstić information content (AvgIpc) is 2.92. The van der Waals surface area contributed by atoms with Crippen molar-refractivity contribution in [3.8, 4) is 0 Å². The Morgan fingerprint density at radius 1 is 1.20 bits per heavy atom. The largest absolute Gasteiger partial charge is 0.338 e. The van der Waals surface area contributed by atoms with Gasteiger partial charge in [-0.2, -0.15) is 0 Å². The lowest BCUT2D eigenvalue weighted by Gasteiger charge is -2.14. The van der Waals surface area contributed by atoms with Gasteiger partial charge in [-0.1, -0.05) is 0 Å². The van der Waals surface area contributed by atoms with Crippen LogP contribution in [-0.2, 0) is 0 Å². The molecule has 2 amide bonds. The van der Waals surface area contributed by atoms with Crippen LogP contribution in [0.5, 0.6) is 0 Å². The van der Waals surface area contributed by atoms with Gasteiger partial charge >= 0.3 is 6.03 Å². The van der Waals surface area contributed by atoms with Crippen LogP contribution in [0.1, 0.15) is 19.3 Å². The zero-order valence-corrected chi connectivity index (χ0v) is 11.3. The molecule has 0 radical (unpaired) electrons. The van der Waals surface area contributed by atoms with E-state index in [0.29, 0.717) is 6.54 Å². The summed E-state index contributed by atoms with van der Waals surface area (Å²) in [4.78, 5) is 13.9. The summed E-state index contributed by atoms with van der Waals surface area (Å²) in [6.07, 6.45) is 3.39. The summed E-state index contributed by atoms with van der Waals surface area (Å²) in [6.45, 7) is 3.82. The summed E-state index contributed by atoms with van der Waals surface area (Å²) in [7, 11) is 0. The van der Waals surface area contributed by atoms with E-state index in [-0.39, 0.29) is 5.69 Å². The lowest BCUT2D eigenvalue weighted by atomic mass is 10.3. The van der Waals surface area contributed by atoms with Crippen LogP contribution in [0, 0.1) is 11.6 Å². The standard InChI is InChI=1S/C14H19F2N3O/c15-12-5-4-11(10-13(12)16)18-14(20)17-6-3-9-19-7-1-2-8-19/h4-5,10H,1-3,6-9H2,(H2,17,18,20). The normalized spacial score (nSPS) is 15.3. The second-order valence-corrected chi connectivity index (χ2v) is 4.91. The van der Waals surface area contributed by atoms with Gasteiger partial charge in [-0.25, -0.2) is 13.6 Å². The van der Waals surface area contributed by atoms with E-state index < -0.39 is 17.7 Å². The summed E-state index contributed by atoms with van der Waals surface area (Å²) in [5.74, 6) is -1.90. The molecule has 2 N–H and O–H groups in total. The Labute approximate surface area is 117 Å². The number of rotatable bonds is 5. The van der Waals surface area contributed by atoms with E-state index in [4.69, 9.17) is 0 Å². The topological polar surface area (TPSA) is 44.4 Å². The Morgan fingerprint density at radius 3 is 2.65 bits per heavy atom. The number of benzene rings is 1. The minimum absolute atomic E-state index is 0.237. The third-order valence-corrected chi connectivity index (χ3v) is 3.31. The minimum Gasteiger partial charge on any atom is -0.338 e. The molecule has 6 heteroatoms. The highest BCUT2D eigenvalue weighted by Gasteiger charge is 2.10. The van der Waals surface area contributed by atoms with Crippen molar-refractivity contribution in [1.29, 1.82) is 0 Å². The molecule has 0 aromatic heterocycles. The van der Waals surface area contributed by atoms with E-state index in [2.05, 4.69) is 15.5 Å². The van der Waals surface area contributed by atoms with Crippen LogP contribution in [0.4, 0.5) is 19.3 Å². The van der Waals surface area contributed by atoms with Gasteiger partial charge in [0.15, 0.2) is 11.6 Å². The fourth-order valence-electron chi connectivity index (χ4n) is 2.26. The van der Waals surface area contributed by atoms with Crippen LogP contribution < -0.4 is 10.6 Å². The highest BCUT2D eigenvalue weighted by atomic mass is 19.2. The maximum Gasteiger partial charge on any atom is 0.319 e. The molecule has 0 bridgehead atoms. The second-order valence-electron chi connectivity index (χ2n) is 4.91. The zero-order chi connectivity index (χ0) is 14.4. The van der Waals surface area contributed by atoms with Gasteiger partial charge in [0.25, 0.3) is 0 Å². The number of nitrogens with zero attached hydrogens (tertiary/aromatic N) is 1. The smallest absolute Gasteiger partial charge is 0.319 e. The van der Waals surface area contributed by atoms with E-state index in [9.17, 15) is 13.6 Å². The minimum atomic E-state index is -0.975. The van der Waals surface area contributed by atoms with Crippen molar-refractivity contribution in [3.05, 3.63) is 29.8 Å². The number of nitrogens with one attached hydrogen (secondary N) is 2. The van der Waals surface area contributed by atoms with Crippen LogP contribution in [0.3, 0.4) is 0 Å². The third-order valence-electron chi connectivity index (χ3n) is 3.31. The molecule has 1 aliphatic rings. The predicted octanol–water partition coefficient (Wildman–Crippen LogP) is 2.57. The maximum atomic E-state index is 13.0. The first-order valence-electron chi connectivity index (χ1n) is 6.87. The van der Waals surface area contributed by atoms with Crippen LogP contribution in [0.2, 0.25) is 0 Å². The summed E-state index contributed by atoms with van der Waals surface area (Å²) < 4.78 is 25.7. The maximum absolute atomic E-state index is 13.0.